The zero-order chi connectivity index (χ0) is 12.3. The maximum absolute atomic E-state index is 11.4. The Hall–Kier alpha value is -2.01. The summed E-state index contributed by atoms with van der Waals surface area (Å²) < 4.78 is 10.5. The van der Waals surface area contributed by atoms with E-state index in [2.05, 4.69) is 10.3 Å². The van der Waals surface area contributed by atoms with Gasteiger partial charge in [0.1, 0.15) is 11.3 Å². The lowest BCUT2D eigenvalue weighted by molar-refractivity contribution is -0.130. The molecule has 0 radical (unpaired) electrons. The van der Waals surface area contributed by atoms with Crippen molar-refractivity contribution in [2.24, 2.45) is 0 Å². The Morgan fingerprint density at radius 2 is 2.24 bits per heavy atom. The Morgan fingerprint density at radius 1 is 1.41 bits per heavy atom. The monoisotopic (exact) mass is 235 g/mol. The van der Waals surface area contributed by atoms with E-state index in [1.165, 1.54) is 7.11 Å². The van der Waals surface area contributed by atoms with E-state index in [0.717, 1.165) is 16.7 Å². The fourth-order valence-corrected chi connectivity index (χ4v) is 1.65. The highest BCUT2D eigenvalue weighted by atomic mass is 16.6. The topological polar surface area (TPSA) is 60.7 Å². The number of rotatable bonds is 4. The Balaban J connectivity index is 2.27. The number of nitrogens with one attached hydrogen (secondary N) is 1. The minimum absolute atomic E-state index is 0.215. The predicted octanol–water partition coefficient (Wildman–Crippen LogP) is 1.66. The third kappa shape index (κ3) is 2.39. The van der Waals surface area contributed by atoms with Crippen molar-refractivity contribution in [3.8, 4) is 5.75 Å². The number of hydroxylamine groups is 1. The molecular weight excluding hydrogens is 222 g/mol. The second-order valence-corrected chi connectivity index (χ2v) is 3.53. The molecule has 0 saturated heterocycles. The molecule has 0 fully saturated rings. The lowest BCUT2D eigenvalue weighted by Gasteiger charge is -2.01. The molecule has 0 unspecified atom stereocenters. The summed E-state index contributed by atoms with van der Waals surface area (Å²) in [6.07, 6.45) is 1.78. The maximum Gasteiger partial charge on any atom is 0.248 e. The van der Waals surface area contributed by atoms with Gasteiger partial charge in [-0.1, -0.05) is 0 Å². The fourth-order valence-electron chi connectivity index (χ4n) is 1.65. The van der Waals surface area contributed by atoms with Crippen LogP contribution in [0.15, 0.2) is 28.9 Å². The van der Waals surface area contributed by atoms with Crippen LogP contribution in [-0.2, 0) is 16.1 Å². The average Bonchev–Trinajstić information content (AvgIpc) is 2.72. The Labute approximate surface area is 98.3 Å². The van der Waals surface area contributed by atoms with E-state index in [1.807, 2.05) is 12.1 Å². The standard InChI is InChI=1S/C12H13NO4/c1-15-9-3-4-10-8(5-12(14)13-16-2)7-17-11(10)6-9/h3-4,6-7H,5H2,1-2H3,(H,13,14). The first-order chi connectivity index (χ1) is 8.24. The van der Waals surface area contributed by atoms with Gasteiger partial charge in [0.2, 0.25) is 5.91 Å². The van der Waals surface area contributed by atoms with Crippen molar-refractivity contribution in [1.82, 2.24) is 5.48 Å². The Bertz CT molecular complexity index is 532. The molecule has 1 aromatic carbocycles. The van der Waals surface area contributed by atoms with E-state index in [9.17, 15) is 4.79 Å². The summed E-state index contributed by atoms with van der Waals surface area (Å²) in [4.78, 5) is 15.9. The largest absolute Gasteiger partial charge is 0.497 e. The van der Waals surface area contributed by atoms with Gasteiger partial charge in [-0.15, -0.1) is 0 Å². The number of furan rings is 1. The van der Waals surface area contributed by atoms with Gasteiger partial charge < -0.3 is 9.15 Å². The highest BCUT2D eigenvalue weighted by Gasteiger charge is 2.10. The van der Waals surface area contributed by atoms with Gasteiger partial charge in [0.05, 0.1) is 26.9 Å². The zero-order valence-electron chi connectivity index (χ0n) is 9.65. The van der Waals surface area contributed by atoms with Gasteiger partial charge in [-0.05, 0) is 12.1 Å². The van der Waals surface area contributed by atoms with Crippen LogP contribution in [0.25, 0.3) is 11.0 Å². The molecule has 0 aliphatic carbocycles. The van der Waals surface area contributed by atoms with Crippen LogP contribution < -0.4 is 10.2 Å². The second kappa shape index (κ2) is 4.88. The molecule has 0 saturated carbocycles. The molecule has 2 rings (SSSR count). The first kappa shape index (κ1) is 11.5. The number of fused-ring (bicyclic) bond motifs is 1. The van der Waals surface area contributed by atoms with Crippen LogP contribution in [0.4, 0.5) is 0 Å². The van der Waals surface area contributed by atoms with Gasteiger partial charge in [-0.3, -0.25) is 9.63 Å². The maximum atomic E-state index is 11.4. The molecule has 0 atom stereocenters. The number of hydrogen-bond acceptors (Lipinski definition) is 4. The van der Waals surface area contributed by atoms with Crippen molar-refractivity contribution in [3.05, 3.63) is 30.0 Å². The smallest absolute Gasteiger partial charge is 0.248 e. The lowest BCUT2D eigenvalue weighted by Crippen LogP contribution is -2.23. The third-order valence-electron chi connectivity index (χ3n) is 2.43. The van der Waals surface area contributed by atoms with Crippen LogP contribution in [0.5, 0.6) is 5.75 Å². The van der Waals surface area contributed by atoms with Crippen molar-refractivity contribution in [2.75, 3.05) is 14.2 Å². The molecule has 17 heavy (non-hydrogen) atoms. The average molecular weight is 235 g/mol. The summed E-state index contributed by atoms with van der Waals surface area (Å²) in [5.41, 5.74) is 3.78. The highest BCUT2D eigenvalue weighted by Crippen LogP contribution is 2.25. The summed E-state index contributed by atoms with van der Waals surface area (Å²) in [6.45, 7) is 0. The zero-order valence-corrected chi connectivity index (χ0v) is 9.65. The molecule has 5 heteroatoms. The number of methoxy groups -OCH3 is 1. The van der Waals surface area contributed by atoms with Crippen LogP contribution in [-0.4, -0.2) is 20.1 Å². The van der Waals surface area contributed by atoms with Gasteiger partial charge in [0.15, 0.2) is 0 Å². The molecule has 2 aromatic rings. The molecule has 0 aliphatic heterocycles. The summed E-state index contributed by atoms with van der Waals surface area (Å²) in [5.74, 6) is 0.505. The van der Waals surface area contributed by atoms with Gasteiger partial charge in [0.25, 0.3) is 0 Å². The molecule has 0 bridgehead atoms. The van der Waals surface area contributed by atoms with Gasteiger partial charge >= 0.3 is 0 Å². The van der Waals surface area contributed by atoms with Crippen LogP contribution in [0, 0.1) is 0 Å². The van der Waals surface area contributed by atoms with Gasteiger partial charge in [0, 0.05) is 17.0 Å². The number of amides is 1. The Kier molecular flexibility index (Phi) is 3.30. The second-order valence-electron chi connectivity index (χ2n) is 3.53. The molecule has 90 valence electrons. The van der Waals surface area contributed by atoms with Gasteiger partial charge in [-0.25, -0.2) is 5.48 Å². The summed E-state index contributed by atoms with van der Waals surface area (Å²) in [6, 6.07) is 5.48. The number of hydrogen-bond donors (Lipinski definition) is 1. The highest BCUT2D eigenvalue weighted by molar-refractivity contribution is 5.87. The number of carbonyl (C=O) groups excluding carboxylic acids is 1. The quantitative estimate of drug-likeness (QED) is 0.819. The number of carbonyl (C=O) groups is 1. The first-order valence-corrected chi connectivity index (χ1v) is 5.10. The summed E-state index contributed by atoms with van der Waals surface area (Å²) >= 11 is 0. The minimum atomic E-state index is -0.217. The Morgan fingerprint density at radius 3 is 2.94 bits per heavy atom. The molecule has 0 aliphatic rings. The molecule has 5 nitrogen and oxygen atoms in total. The van der Waals surface area contributed by atoms with Crippen LogP contribution in [0.2, 0.25) is 0 Å². The SMILES string of the molecule is CONC(=O)Cc1coc2cc(OC)ccc12. The summed E-state index contributed by atoms with van der Waals surface area (Å²) in [7, 11) is 2.99. The van der Waals surface area contributed by atoms with Crippen LogP contribution >= 0.6 is 0 Å². The number of ether oxygens (including phenoxy) is 1. The molecule has 1 aromatic heterocycles. The van der Waals surface area contributed by atoms with Crippen molar-refractivity contribution < 1.29 is 18.8 Å². The van der Waals surface area contributed by atoms with E-state index in [1.54, 1.807) is 19.4 Å². The van der Waals surface area contributed by atoms with E-state index in [-0.39, 0.29) is 12.3 Å². The molecule has 1 amide bonds. The normalized spacial score (nSPS) is 10.5. The van der Waals surface area contributed by atoms with Crippen molar-refractivity contribution in [2.45, 2.75) is 6.42 Å². The van der Waals surface area contributed by atoms with Crippen molar-refractivity contribution in [1.29, 1.82) is 0 Å². The molecule has 0 spiro atoms. The third-order valence-corrected chi connectivity index (χ3v) is 2.43. The molecule has 1 heterocycles. The van der Waals surface area contributed by atoms with Crippen LogP contribution in [0.3, 0.4) is 0 Å². The van der Waals surface area contributed by atoms with Crippen molar-refractivity contribution >= 4 is 16.9 Å². The van der Waals surface area contributed by atoms with Gasteiger partial charge in [-0.2, -0.15) is 0 Å². The van der Waals surface area contributed by atoms with Crippen molar-refractivity contribution in [3.63, 3.8) is 0 Å². The first-order valence-electron chi connectivity index (χ1n) is 5.10. The van der Waals surface area contributed by atoms with Crippen LogP contribution in [0.1, 0.15) is 5.56 Å². The number of benzene rings is 1. The predicted molar refractivity (Wildman–Crippen MR) is 61.6 cm³/mol. The minimum Gasteiger partial charge on any atom is -0.497 e. The van der Waals surface area contributed by atoms with E-state index >= 15 is 0 Å². The van der Waals surface area contributed by atoms with E-state index in [0.29, 0.717) is 5.58 Å². The lowest BCUT2D eigenvalue weighted by atomic mass is 10.1. The molecular formula is C12H13NO4. The van der Waals surface area contributed by atoms with E-state index < -0.39 is 0 Å². The molecule has 1 N–H and O–H groups in total. The summed E-state index contributed by atoms with van der Waals surface area (Å²) in [5, 5.41) is 0.900. The van der Waals surface area contributed by atoms with E-state index in [4.69, 9.17) is 9.15 Å². The fraction of sp³-hybridized carbons (Fsp3) is 0.250.